The van der Waals surface area contributed by atoms with Crippen molar-refractivity contribution in [2.75, 3.05) is 10.0 Å². The summed E-state index contributed by atoms with van der Waals surface area (Å²) >= 11 is 0. The number of hydrogen-bond donors (Lipinski definition) is 2. The van der Waals surface area contributed by atoms with Gasteiger partial charge in [0, 0.05) is 0 Å². The number of anilines is 2. The molecule has 0 spiro atoms. The lowest BCUT2D eigenvalue weighted by molar-refractivity contribution is -0.121. The minimum Gasteiger partial charge on any atom is -0.478 e. The van der Waals surface area contributed by atoms with Gasteiger partial charge in [0.25, 0.3) is 11.8 Å². The maximum atomic E-state index is 12.3. The molecule has 0 radical (unpaired) electrons. The van der Waals surface area contributed by atoms with Gasteiger partial charge < -0.3 is 10.2 Å². The van der Waals surface area contributed by atoms with Gasteiger partial charge in [0.2, 0.25) is 0 Å². The van der Waals surface area contributed by atoms with Crippen molar-refractivity contribution in [2.45, 2.75) is 6.42 Å². The number of rotatable bonds is 4. The van der Waals surface area contributed by atoms with Gasteiger partial charge in [0.05, 0.1) is 22.5 Å². The lowest BCUT2D eigenvalue weighted by atomic mass is 10.2. The summed E-state index contributed by atoms with van der Waals surface area (Å²) in [6.07, 6.45) is -0.394. The molecule has 1 aliphatic rings. The highest BCUT2D eigenvalue weighted by molar-refractivity contribution is 6.21. The largest absolute Gasteiger partial charge is 0.478 e. The molecule has 8 nitrogen and oxygen atoms in total. The summed E-state index contributed by atoms with van der Waals surface area (Å²) in [4.78, 5) is 46.8. The van der Waals surface area contributed by atoms with E-state index in [9.17, 15) is 19.2 Å². The van der Waals surface area contributed by atoms with Crippen molar-refractivity contribution in [3.63, 3.8) is 0 Å². The zero-order chi connectivity index (χ0) is 18.1. The number of carboxylic acid groups (broad SMARTS) is 2. The Morgan fingerprint density at radius 2 is 1.16 bits per heavy atom. The van der Waals surface area contributed by atoms with Crippen LogP contribution in [0.5, 0.6) is 0 Å². The normalized spacial score (nSPS) is 14.1. The number of hydrogen-bond acceptors (Lipinski definition) is 4. The lowest BCUT2D eigenvalue weighted by Gasteiger charge is -2.28. The number of amides is 2. The molecule has 2 amide bonds. The summed E-state index contributed by atoms with van der Waals surface area (Å²) in [5, 5.41) is 20.3. The van der Waals surface area contributed by atoms with Crippen molar-refractivity contribution in [3.8, 4) is 0 Å². The molecule has 0 saturated carbocycles. The monoisotopic (exact) mass is 340 g/mol. The van der Waals surface area contributed by atoms with Crippen molar-refractivity contribution in [1.82, 2.24) is 0 Å². The number of carbonyl (C=O) groups excluding carboxylic acids is 2. The van der Waals surface area contributed by atoms with E-state index in [1.807, 2.05) is 0 Å². The Bertz CT molecular complexity index is 834. The molecule has 2 aromatic carbocycles. The van der Waals surface area contributed by atoms with E-state index in [0.29, 0.717) is 0 Å². The average molecular weight is 340 g/mol. The summed E-state index contributed by atoms with van der Waals surface area (Å²) < 4.78 is 0. The predicted octanol–water partition coefficient (Wildman–Crippen LogP) is 1.77. The third-order valence-electron chi connectivity index (χ3n) is 3.65. The molecule has 0 aliphatic carbocycles. The van der Waals surface area contributed by atoms with E-state index in [-0.39, 0.29) is 22.5 Å². The topological polar surface area (TPSA) is 115 Å². The molecule has 1 aliphatic heterocycles. The van der Waals surface area contributed by atoms with Crippen LogP contribution in [0.25, 0.3) is 0 Å². The molecule has 1 saturated heterocycles. The van der Waals surface area contributed by atoms with Crippen LogP contribution >= 0.6 is 0 Å². The van der Waals surface area contributed by atoms with E-state index in [4.69, 9.17) is 10.2 Å². The summed E-state index contributed by atoms with van der Waals surface area (Å²) in [7, 11) is 0. The quantitative estimate of drug-likeness (QED) is 0.820. The molecule has 126 valence electrons. The number of hydrazine groups is 1. The summed E-state index contributed by atoms with van der Waals surface area (Å²) in [6.45, 7) is 0. The van der Waals surface area contributed by atoms with Gasteiger partial charge in [-0.15, -0.1) is 0 Å². The summed E-state index contributed by atoms with van der Waals surface area (Å²) in [6, 6.07) is 11.2. The van der Waals surface area contributed by atoms with Crippen LogP contribution in [0.15, 0.2) is 48.5 Å². The van der Waals surface area contributed by atoms with Gasteiger partial charge in [0.1, 0.15) is 6.42 Å². The zero-order valence-corrected chi connectivity index (χ0v) is 12.7. The molecule has 0 atom stereocenters. The number of aromatic carboxylic acids is 2. The van der Waals surface area contributed by atoms with Crippen molar-refractivity contribution >= 4 is 35.1 Å². The summed E-state index contributed by atoms with van der Waals surface area (Å²) in [5.74, 6) is -3.40. The third-order valence-corrected chi connectivity index (χ3v) is 3.65. The molecule has 1 fully saturated rings. The SMILES string of the molecule is O=C(O)c1cccc(N2C(=O)CC(=O)N2c2cccc(C(=O)O)c2)c1. The second-order valence-corrected chi connectivity index (χ2v) is 5.30. The molecular weight excluding hydrogens is 328 g/mol. The van der Waals surface area contributed by atoms with Gasteiger partial charge in [0.15, 0.2) is 0 Å². The molecule has 0 aromatic heterocycles. The van der Waals surface area contributed by atoms with E-state index in [1.165, 1.54) is 48.5 Å². The Labute approximate surface area is 141 Å². The molecule has 0 bridgehead atoms. The second-order valence-electron chi connectivity index (χ2n) is 5.30. The first-order chi connectivity index (χ1) is 11.9. The van der Waals surface area contributed by atoms with Gasteiger partial charge in [-0.05, 0) is 36.4 Å². The molecule has 2 N–H and O–H groups in total. The van der Waals surface area contributed by atoms with Crippen LogP contribution in [0.3, 0.4) is 0 Å². The van der Waals surface area contributed by atoms with Crippen LogP contribution in [-0.2, 0) is 9.59 Å². The van der Waals surface area contributed by atoms with E-state index in [2.05, 4.69) is 0 Å². The lowest BCUT2D eigenvalue weighted by Crippen LogP contribution is -2.41. The van der Waals surface area contributed by atoms with E-state index in [0.717, 1.165) is 10.0 Å². The molecule has 1 heterocycles. The fraction of sp³-hybridized carbons (Fsp3) is 0.0588. The number of benzene rings is 2. The van der Waals surface area contributed by atoms with Crippen LogP contribution in [0, 0.1) is 0 Å². The highest BCUT2D eigenvalue weighted by Crippen LogP contribution is 2.30. The van der Waals surface area contributed by atoms with Crippen molar-refractivity contribution in [3.05, 3.63) is 59.7 Å². The summed E-state index contributed by atoms with van der Waals surface area (Å²) in [5.41, 5.74) is 0.334. The Morgan fingerprint density at radius 1 is 0.760 bits per heavy atom. The smallest absolute Gasteiger partial charge is 0.335 e. The van der Waals surface area contributed by atoms with Crippen LogP contribution in [-0.4, -0.2) is 34.0 Å². The molecular formula is C17H12N2O6. The predicted molar refractivity (Wildman–Crippen MR) is 86.4 cm³/mol. The van der Waals surface area contributed by atoms with Crippen molar-refractivity contribution in [2.24, 2.45) is 0 Å². The molecule has 25 heavy (non-hydrogen) atoms. The first kappa shape index (κ1) is 16.2. The Morgan fingerprint density at radius 3 is 1.52 bits per heavy atom. The molecule has 2 aromatic rings. The fourth-order valence-electron chi connectivity index (χ4n) is 2.56. The average Bonchev–Trinajstić information content (AvgIpc) is 2.89. The Balaban J connectivity index is 2.08. The molecule has 3 rings (SSSR count). The Hall–Kier alpha value is -3.68. The van der Waals surface area contributed by atoms with E-state index < -0.39 is 30.2 Å². The van der Waals surface area contributed by atoms with Gasteiger partial charge in [-0.2, -0.15) is 0 Å². The molecule has 8 heteroatoms. The maximum Gasteiger partial charge on any atom is 0.335 e. The number of carbonyl (C=O) groups is 4. The molecule has 0 unspecified atom stereocenters. The fourth-order valence-corrected chi connectivity index (χ4v) is 2.56. The van der Waals surface area contributed by atoms with E-state index in [1.54, 1.807) is 0 Å². The maximum absolute atomic E-state index is 12.3. The van der Waals surface area contributed by atoms with Gasteiger partial charge in [-0.3, -0.25) is 9.59 Å². The van der Waals surface area contributed by atoms with Crippen LogP contribution in [0.4, 0.5) is 11.4 Å². The minimum atomic E-state index is -1.17. The number of carboxylic acids is 2. The Kier molecular flexibility index (Phi) is 3.94. The zero-order valence-electron chi connectivity index (χ0n) is 12.7. The van der Waals surface area contributed by atoms with Crippen LogP contribution in [0.1, 0.15) is 27.1 Å². The van der Waals surface area contributed by atoms with E-state index >= 15 is 0 Å². The van der Waals surface area contributed by atoms with Crippen LogP contribution in [0.2, 0.25) is 0 Å². The number of nitrogens with zero attached hydrogens (tertiary/aromatic N) is 2. The second kappa shape index (κ2) is 6.08. The van der Waals surface area contributed by atoms with Crippen molar-refractivity contribution < 1.29 is 29.4 Å². The first-order valence-corrected chi connectivity index (χ1v) is 7.21. The van der Waals surface area contributed by atoms with Crippen molar-refractivity contribution in [1.29, 1.82) is 0 Å². The highest BCUT2D eigenvalue weighted by atomic mass is 16.4. The highest BCUT2D eigenvalue weighted by Gasteiger charge is 2.38. The van der Waals surface area contributed by atoms with Gasteiger partial charge in [-0.1, -0.05) is 12.1 Å². The third kappa shape index (κ3) is 2.92. The van der Waals surface area contributed by atoms with Gasteiger partial charge >= 0.3 is 11.9 Å². The van der Waals surface area contributed by atoms with Gasteiger partial charge in [-0.25, -0.2) is 19.6 Å². The first-order valence-electron chi connectivity index (χ1n) is 7.21. The standard InChI is InChI=1S/C17H12N2O6/c20-14-9-15(21)19(13-6-2-4-11(8-13)17(24)25)18(14)12-5-1-3-10(7-12)16(22)23/h1-8H,9H2,(H,22,23)(H,24,25). The van der Waals surface area contributed by atoms with Crippen LogP contribution < -0.4 is 10.0 Å². The minimum absolute atomic E-state index is 0.0381.